The van der Waals surface area contributed by atoms with Crippen LogP contribution in [0.3, 0.4) is 0 Å². The lowest BCUT2D eigenvalue weighted by Gasteiger charge is -2.03. The second-order valence-corrected chi connectivity index (χ2v) is 3.11. The van der Waals surface area contributed by atoms with Crippen LogP contribution >= 0.6 is 0 Å². The fraction of sp³-hybridized carbons (Fsp3) is 0.444. The van der Waals surface area contributed by atoms with Crippen LogP contribution in [-0.4, -0.2) is 16.1 Å². The van der Waals surface area contributed by atoms with Crippen LogP contribution in [-0.2, 0) is 4.79 Å². The lowest BCUT2D eigenvalue weighted by Crippen LogP contribution is -2.03. The Morgan fingerprint density at radius 2 is 2.31 bits per heavy atom. The van der Waals surface area contributed by atoms with Crippen molar-refractivity contribution in [2.75, 3.05) is 0 Å². The van der Waals surface area contributed by atoms with Crippen molar-refractivity contribution in [1.29, 1.82) is 0 Å². The topological polar surface area (TPSA) is 53.1 Å². The molecule has 0 aliphatic carbocycles. The van der Waals surface area contributed by atoms with E-state index in [0.29, 0.717) is 5.69 Å². The van der Waals surface area contributed by atoms with Crippen molar-refractivity contribution >= 4 is 5.97 Å². The Kier molecular flexibility index (Phi) is 2.70. The maximum atomic E-state index is 13.2. The third kappa shape index (κ3) is 2.31. The number of hydrogen-bond donors (Lipinski definition) is 2. The van der Waals surface area contributed by atoms with Crippen molar-refractivity contribution in [3.8, 4) is 0 Å². The minimum Gasteiger partial charge on any atom is -0.481 e. The van der Waals surface area contributed by atoms with Gasteiger partial charge < -0.3 is 10.1 Å². The number of hydrogen-bond acceptors (Lipinski definition) is 1. The Bertz CT molecular complexity index is 319. The van der Waals surface area contributed by atoms with Crippen LogP contribution in [0, 0.1) is 13.8 Å². The molecule has 3 nitrogen and oxygen atoms in total. The highest BCUT2D eigenvalue weighted by Crippen LogP contribution is 2.23. The van der Waals surface area contributed by atoms with Gasteiger partial charge in [0, 0.05) is 5.69 Å². The van der Waals surface area contributed by atoms with Gasteiger partial charge in [0.15, 0.2) is 6.17 Å². The van der Waals surface area contributed by atoms with Crippen LogP contribution in [0.15, 0.2) is 6.07 Å². The number of aliphatic carboxylic acids is 1. The molecule has 2 N–H and O–H groups in total. The van der Waals surface area contributed by atoms with Gasteiger partial charge in [-0.1, -0.05) is 0 Å². The summed E-state index contributed by atoms with van der Waals surface area (Å²) in [4.78, 5) is 13.1. The van der Waals surface area contributed by atoms with E-state index in [4.69, 9.17) is 5.11 Å². The minimum atomic E-state index is -1.44. The predicted molar refractivity (Wildman–Crippen MR) is 46.4 cm³/mol. The number of aryl methyl sites for hydroxylation is 2. The van der Waals surface area contributed by atoms with Crippen molar-refractivity contribution in [2.45, 2.75) is 26.4 Å². The van der Waals surface area contributed by atoms with E-state index in [2.05, 4.69) is 4.98 Å². The summed E-state index contributed by atoms with van der Waals surface area (Å²) in [6, 6.07) is 1.80. The number of H-pyrrole nitrogens is 1. The second kappa shape index (κ2) is 3.60. The zero-order valence-corrected chi connectivity index (χ0v) is 7.60. The molecule has 1 atom stereocenters. The number of aromatic nitrogens is 1. The molecule has 0 radical (unpaired) electrons. The Morgan fingerprint density at radius 3 is 2.69 bits per heavy atom. The van der Waals surface area contributed by atoms with E-state index in [0.717, 1.165) is 11.3 Å². The van der Waals surface area contributed by atoms with Gasteiger partial charge in [0.2, 0.25) is 0 Å². The molecule has 0 aromatic carbocycles. The number of carboxylic acids is 1. The number of halogens is 1. The number of aromatic amines is 1. The van der Waals surface area contributed by atoms with Crippen molar-refractivity contribution in [3.63, 3.8) is 0 Å². The lowest BCUT2D eigenvalue weighted by atomic mass is 10.1. The van der Waals surface area contributed by atoms with E-state index >= 15 is 0 Å². The van der Waals surface area contributed by atoms with Crippen LogP contribution < -0.4 is 0 Å². The normalized spacial score (nSPS) is 12.8. The van der Waals surface area contributed by atoms with E-state index in [1.807, 2.05) is 6.92 Å². The van der Waals surface area contributed by atoms with Crippen molar-refractivity contribution < 1.29 is 14.3 Å². The molecule has 1 aromatic rings. The highest BCUT2D eigenvalue weighted by molar-refractivity contribution is 5.67. The first-order chi connectivity index (χ1) is 6.00. The standard InChI is InChI=1S/C9H12FNO2/c1-5-3-6(2)11-9(5)7(10)4-8(12)13/h3,7,11H,4H2,1-2H3,(H,12,13). The molecule has 0 saturated heterocycles. The molecule has 0 saturated carbocycles. The van der Waals surface area contributed by atoms with E-state index < -0.39 is 18.6 Å². The van der Waals surface area contributed by atoms with Crippen LogP contribution in [0.25, 0.3) is 0 Å². The van der Waals surface area contributed by atoms with Gasteiger partial charge in [0.25, 0.3) is 0 Å². The average molecular weight is 185 g/mol. The maximum Gasteiger partial charge on any atom is 0.306 e. The molecule has 0 aliphatic rings. The van der Waals surface area contributed by atoms with Crippen LogP contribution in [0.4, 0.5) is 4.39 Å². The highest BCUT2D eigenvalue weighted by Gasteiger charge is 2.17. The number of alkyl halides is 1. The smallest absolute Gasteiger partial charge is 0.306 e. The summed E-state index contributed by atoms with van der Waals surface area (Å²) in [7, 11) is 0. The van der Waals surface area contributed by atoms with E-state index in [-0.39, 0.29) is 0 Å². The van der Waals surface area contributed by atoms with Gasteiger partial charge in [0.1, 0.15) is 0 Å². The quantitative estimate of drug-likeness (QED) is 0.757. The summed E-state index contributed by atoms with van der Waals surface area (Å²) in [5.41, 5.74) is 1.99. The monoisotopic (exact) mass is 185 g/mol. The molecular weight excluding hydrogens is 173 g/mol. The third-order valence-electron chi connectivity index (χ3n) is 1.86. The molecule has 0 amide bonds. The second-order valence-electron chi connectivity index (χ2n) is 3.11. The first kappa shape index (κ1) is 9.77. The third-order valence-corrected chi connectivity index (χ3v) is 1.86. The molecule has 1 heterocycles. The van der Waals surface area contributed by atoms with Gasteiger partial charge in [0.05, 0.1) is 12.1 Å². The maximum absolute atomic E-state index is 13.2. The highest BCUT2D eigenvalue weighted by atomic mass is 19.1. The first-order valence-corrected chi connectivity index (χ1v) is 4.02. The van der Waals surface area contributed by atoms with E-state index in [1.165, 1.54) is 0 Å². The van der Waals surface area contributed by atoms with Crippen LogP contribution in [0.1, 0.15) is 29.5 Å². The Hall–Kier alpha value is -1.32. The molecule has 4 heteroatoms. The fourth-order valence-corrected chi connectivity index (χ4v) is 1.33. The Morgan fingerprint density at radius 1 is 1.69 bits per heavy atom. The Labute approximate surface area is 75.6 Å². The number of carboxylic acid groups (broad SMARTS) is 1. The summed E-state index contributed by atoms with van der Waals surface area (Å²) >= 11 is 0. The van der Waals surface area contributed by atoms with Gasteiger partial charge >= 0.3 is 5.97 Å². The molecule has 0 spiro atoms. The molecule has 0 bridgehead atoms. The van der Waals surface area contributed by atoms with Gasteiger partial charge in [-0.25, -0.2) is 4.39 Å². The molecule has 1 aromatic heterocycles. The fourth-order valence-electron chi connectivity index (χ4n) is 1.33. The summed E-state index contributed by atoms with van der Waals surface area (Å²) in [5, 5.41) is 8.39. The van der Waals surface area contributed by atoms with Crippen molar-refractivity contribution in [2.24, 2.45) is 0 Å². The molecule has 72 valence electrons. The largest absolute Gasteiger partial charge is 0.481 e. The average Bonchev–Trinajstić information content (AvgIpc) is 2.28. The zero-order valence-electron chi connectivity index (χ0n) is 7.60. The van der Waals surface area contributed by atoms with Gasteiger partial charge in [-0.05, 0) is 25.5 Å². The summed E-state index contributed by atoms with van der Waals surface area (Å²) in [6.45, 7) is 3.57. The zero-order chi connectivity index (χ0) is 10.0. The summed E-state index contributed by atoms with van der Waals surface area (Å²) < 4.78 is 13.2. The molecule has 13 heavy (non-hydrogen) atoms. The number of nitrogens with one attached hydrogen (secondary N) is 1. The predicted octanol–water partition coefficient (Wildman–Crippen LogP) is 2.12. The van der Waals surface area contributed by atoms with Gasteiger partial charge in [-0.3, -0.25) is 4.79 Å². The Balaban J connectivity index is 2.81. The van der Waals surface area contributed by atoms with E-state index in [9.17, 15) is 9.18 Å². The van der Waals surface area contributed by atoms with E-state index in [1.54, 1.807) is 13.0 Å². The SMILES string of the molecule is Cc1cc(C)c(C(F)CC(=O)O)[nH]1. The van der Waals surface area contributed by atoms with Crippen molar-refractivity contribution in [3.05, 3.63) is 23.0 Å². The van der Waals surface area contributed by atoms with Crippen molar-refractivity contribution in [1.82, 2.24) is 4.98 Å². The molecule has 1 unspecified atom stereocenters. The summed E-state index contributed by atoms with van der Waals surface area (Å²) in [6.07, 6.45) is -1.92. The molecule has 0 fully saturated rings. The van der Waals surface area contributed by atoms with Gasteiger partial charge in [-0.2, -0.15) is 0 Å². The lowest BCUT2D eigenvalue weighted by molar-refractivity contribution is -0.138. The van der Waals surface area contributed by atoms with Crippen LogP contribution in [0.2, 0.25) is 0 Å². The van der Waals surface area contributed by atoms with Crippen LogP contribution in [0.5, 0.6) is 0 Å². The summed E-state index contributed by atoms with van der Waals surface area (Å²) in [5.74, 6) is -1.13. The first-order valence-electron chi connectivity index (χ1n) is 4.02. The number of carbonyl (C=O) groups is 1. The minimum absolute atomic E-state index is 0.375. The molecule has 1 rings (SSSR count). The number of rotatable bonds is 3. The molecular formula is C9H12FNO2. The van der Waals surface area contributed by atoms with Gasteiger partial charge in [-0.15, -0.1) is 0 Å². The molecule has 0 aliphatic heterocycles.